The average Bonchev–Trinajstić information content (AvgIpc) is 2.55. The Labute approximate surface area is 150 Å². The number of carbonyl (C=O) groups is 1. The summed E-state index contributed by atoms with van der Waals surface area (Å²) in [5.41, 5.74) is 2.83. The third kappa shape index (κ3) is 4.28. The summed E-state index contributed by atoms with van der Waals surface area (Å²) in [5, 5.41) is 7.14. The van der Waals surface area contributed by atoms with E-state index in [0.717, 1.165) is 17.1 Å². The number of benzene rings is 3. The lowest BCUT2D eigenvalue weighted by atomic mass is 10.1. The maximum absolute atomic E-state index is 12.3. The molecule has 5 heteroatoms. The van der Waals surface area contributed by atoms with Crippen LogP contribution in [0.5, 0.6) is 0 Å². The highest BCUT2D eigenvalue weighted by atomic mass is 35.5. The van der Waals surface area contributed by atoms with Crippen molar-refractivity contribution in [1.29, 1.82) is 0 Å². The number of halogens is 2. The first kappa shape index (κ1) is 16.4. The number of rotatable bonds is 4. The van der Waals surface area contributed by atoms with Gasteiger partial charge < -0.3 is 10.6 Å². The van der Waals surface area contributed by atoms with Gasteiger partial charge in [0.2, 0.25) is 0 Å². The van der Waals surface area contributed by atoms with Crippen LogP contribution >= 0.6 is 23.2 Å². The molecule has 3 aromatic carbocycles. The zero-order valence-corrected chi connectivity index (χ0v) is 14.1. The standard InChI is InChI=1S/C19H14Cl2N2O/c20-14-10-15(21)12-18(11-14)22-17-8-4-5-13(9-17)19(24)23-16-6-2-1-3-7-16/h1-12,22H,(H,23,24). The van der Waals surface area contributed by atoms with Gasteiger partial charge in [-0.2, -0.15) is 0 Å². The van der Waals surface area contributed by atoms with Crippen LogP contribution in [0.15, 0.2) is 72.8 Å². The Morgan fingerprint density at radius 2 is 1.38 bits per heavy atom. The average molecular weight is 357 g/mol. The molecule has 0 atom stereocenters. The van der Waals surface area contributed by atoms with E-state index in [1.54, 1.807) is 30.3 Å². The molecular formula is C19H14Cl2N2O. The Bertz CT molecular complexity index is 846. The maximum atomic E-state index is 12.3. The predicted molar refractivity (Wildman–Crippen MR) is 101 cm³/mol. The van der Waals surface area contributed by atoms with Crippen LogP contribution in [0.25, 0.3) is 0 Å². The minimum atomic E-state index is -0.172. The van der Waals surface area contributed by atoms with E-state index in [2.05, 4.69) is 10.6 Å². The van der Waals surface area contributed by atoms with Gasteiger partial charge in [-0.3, -0.25) is 4.79 Å². The molecule has 3 rings (SSSR count). The number of amides is 1. The number of hydrogen-bond acceptors (Lipinski definition) is 2. The van der Waals surface area contributed by atoms with E-state index in [4.69, 9.17) is 23.2 Å². The molecule has 24 heavy (non-hydrogen) atoms. The largest absolute Gasteiger partial charge is 0.355 e. The van der Waals surface area contributed by atoms with Crippen LogP contribution in [0.4, 0.5) is 17.1 Å². The first-order valence-electron chi connectivity index (χ1n) is 7.30. The molecule has 3 aromatic rings. The minimum absolute atomic E-state index is 0.172. The highest BCUT2D eigenvalue weighted by Gasteiger charge is 2.07. The molecule has 0 aliphatic heterocycles. The Morgan fingerprint density at radius 1 is 0.708 bits per heavy atom. The zero-order valence-electron chi connectivity index (χ0n) is 12.6. The van der Waals surface area contributed by atoms with Crippen molar-refractivity contribution < 1.29 is 4.79 Å². The van der Waals surface area contributed by atoms with Crippen LogP contribution in [0, 0.1) is 0 Å². The number of nitrogens with one attached hydrogen (secondary N) is 2. The van der Waals surface area contributed by atoms with Crippen molar-refractivity contribution in [3.05, 3.63) is 88.4 Å². The lowest BCUT2D eigenvalue weighted by molar-refractivity contribution is 0.102. The molecular weight excluding hydrogens is 343 g/mol. The van der Waals surface area contributed by atoms with E-state index in [0.29, 0.717) is 15.6 Å². The fourth-order valence-electron chi connectivity index (χ4n) is 2.26. The smallest absolute Gasteiger partial charge is 0.255 e. The number of para-hydroxylation sites is 1. The second-order valence-corrected chi connectivity index (χ2v) is 6.06. The molecule has 0 saturated heterocycles. The number of carbonyl (C=O) groups excluding carboxylic acids is 1. The molecule has 120 valence electrons. The Morgan fingerprint density at radius 3 is 2.08 bits per heavy atom. The monoisotopic (exact) mass is 356 g/mol. The molecule has 0 heterocycles. The van der Waals surface area contributed by atoms with Crippen molar-refractivity contribution in [3.63, 3.8) is 0 Å². The van der Waals surface area contributed by atoms with E-state index in [9.17, 15) is 4.79 Å². The molecule has 3 nitrogen and oxygen atoms in total. The molecule has 0 saturated carbocycles. The lowest BCUT2D eigenvalue weighted by Gasteiger charge is -2.10. The second-order valence-electron chi connectivity index (χ2n) is 5.18. The van der Waals surface area contributed by atoms with Crippen LogP contribution in [-0.2, 0) is 0 Å². The van der Waals surface area contributed by atoms with Gasteiger partial charge in [0.05, 0.1) is 0 Å². The van der Waals surface area contributed by atoms with E-state index >= 15 is 0 Å². The normalized spacial score (nSPS) is 10.2. The summed E-state index contributed by atoms with van der Waals surface area (Å²) in [5.74, 6) is -0.172. The maximum Gasteiger partial charge on any atom is 0.255 e. The summed E-state index contributed by atoms with van der Waals surface area (Å²) >= 11 is 12.0. The van der Waals surface area contributed by atoms with Gasteiger partial charge in [0.15, 0.2) is 0 Å². The Hall–Kier alpha value is -2.49. The quantitative estimate of drug-likeness (QED) is 0.602. The summed E-state index contributed by atoms with van der Waals surface area (Å²) in [6.07, 6.45) is 0. The number of hydrogen-bond donors (Lipinski definition) is 2. The van der Waals surface area contributed by atoms with Gasteiger partial charge in [-0.15, -0.1) is 0 Å². The highest BCUT2D eigenvalue weighted by Crippen LogP contribution is 2.25. The molecule has 0 aromatic heterocycles. The molecule has 2 N–H and O–H groups in total. The van der Waals surface area contributed by atoms with Crippen LogP contribution in [0.3, 0.4) is 0 Å². The highest BCUT2D eigenvalue weighted by molar-refractivity contribution is 6.35. The van der Waals surface area contributed by atoms with E-state index in [-0.39, 0.29) is 5.91 Å². The van der Waals surface area contributed by atoms with Gasteiger partial charge in [-0.1, -0.05) is 47.5 Å². The predicted octanol–water partition coefficient (Wildman–Crippen LogP) is 5.99. The van der Waals surface area contributed by atoms with Crippen molar-refractivity contribution in [2.45, 2.75) is 0 Å². The van der Waals surface area contributed by atoms with Gasteiger partial charge in [0.1, 0.15) is 0 Å². The van der Waals surface area contributed by atoms with Crippen molar-refractivity contribution >= 4 is 46.2 Å². The first-order valence-corrected chi connectivity index (χ1v) is 8.05. The van der Waals surface area contributed by atoms with Crippen LogP contribution in [0.2, 0.25) is 10.0 Å². The third-order valence-corrected chi connectivity index (χ3v) is 3.74. The van der Waals surface area contributed by atoms with Gasteiger partial charge in [0.25, 0.3) is 5.91 Å². The fraction of sp³-hybridized carbons (Fsp3) is 0. The zero-order chi connectivity index (χ0) is 16.9. The summed E-state index contributed by atoms with van der Waals surface area (Å²) < 4.78 is 0. The van der Waals surface area contributed by atoms with Gasteiger partial charge in [-0.05, 0) is 48.5 Å². The third-order valence-electron chi connectivity index (χ3n) is 3.31. The van der Waals surface area contributed by atoms with Gasteiger partial charge in [-0.25, -0.2) is 0 Å². The summed E-state index contributed by atoms with van der Waals surface area (Å²) in [7, 11) is 0. The molecule has 1 amide bonds. The molecule has 0 radical (unpaired) electrons. The molecule has 0 aliphatic carbocycles. The van der Waals surface area contributed by atoms with Crippen molar-refractivity contribution in [2.75, 3.05) is 10.6 Å². The molecule has 0 bridgehead atoms. The van der Waals surface area contributed by atoms with Crippen LogP contribution < -0.4 is 10.6 Å². The molecule has 0 fully saturated rings. The molecule has 0 unspecified atom stereocenters. The second kappa shape index (κ2) is 7.39. The summed E-state index contributed by atoms with van der Waals surface area (Å²) in [6.45, 7) is 0. The van der Waals surface area contributed by atoms with Gasteiger partial charge in [0, 0.05) is 32.7 Å². The Kier molecular flexibility index (Phi) is 5.04. The summed E-state index contributed by atoms with van der Waals surface area (Å²) in [6, 6.07) is 21.7. The molecule has 0 aliphatic rings. The molecule has 0 spiro atoms. The van der Waals surface area contributed by atoms with Crippen LogP contribution in [0.1, 0.15) is 10.4 Å². The van der Waals surface area contributed by atoms with E-state index in [1.165, 1.54) is 0 Å². The minimum Gasteiger partial charge on any atom is -0.355 e. The van der Waals surface area contributed by atoms with Gasteiger partial charge >= 0.3 is 0 Å². The van der Waals surface area contributed by atoms with Crippen molar-refractivity contribution in [3.8, 4) is 0 Å². The topological polar surface area (TPSA) is 41.1 Å². The van der Waals surface area contributed by atoms with E-state index < -0.39 is 0 Å². The number of anilines is 3. The van der Waals surface area contributed by atoms with E-state index in [1.807, 2.05) is 42.5 Å². The SMILES string of the molecule is O=C(Nc1ccccc1)c1cccc(Nc2cc(Cl)cc(Cl)c2)c1. The van der Waals surface area contributed by atoms with Crippen LogP contribution in [-0.4, -0.2) is 5.91 Å². The first-order chi connectivity index (χ1) is 11.6. The van der Waals surface area contributed by atoms with Crippen molar-refractivity contribution in [1.82, 2.24) is 0 Å². The van der Waals surface area contributed by atoms with Crippen molar-refractivity contribution in [2.24, 2.45) is 0 Å². The summed E-state index contributed by atoms with van der Waals surface area (Å²) in [4.78, 5) is 12.3. The lowest BCUT2D eigenvalue weighted by Crippen LogP contribution is -2.11. The fourth-order valence-corrected chi connectivity index (χ4v) is 2.78. The Balaban J connectivity index is 1.77.